The van der Waals surface area contributed by atoms with E-state index in [0.717, 1.165) is 10.6 Å². The van der Waals surface area contributed by atoms with Gasteiger partial charge in [-0.3, -0.25) is 4.98 Å². The zero-order valence-corrected chi connectivity index (χ0v) is 10.1. The predicted octanol–water partition coefficient (Wildman–Crippen LogP) is -1.50. The van der Waals surface area contributed by atoms with Gasteiger partial charge in [-0.15, -0.1) is 12.6 Å². The molecule has 0 atom stereocenters. The third kappa shape index (κ3) is 2.90. The van der Waals surface area contributed by atoms with Gasteiger partial charge in [-0.1, -0.05) is 0 Å². The molecule has 0 aliphatic heterocycles. The molecule has 10 heavy (non-hydrogen) atoms. The van der Waals surface area contributed by atoms with E-state index in [9.17, 15) is 0 Å². The Morgan fingerprint density at radius 2 is 2.40 bits per heavy atom. The molecule has 0 radical (unpaired) electrons. The first-order chi connectivity index (χ1) is 4.34. The smallest absolute Gasteiger partial charge is 1.00 e. The Bertz CT molecular complexity index is 212. The van der Waals surface area contributed by atoms with E-state index in [1.54, 1.807) is 25.6 Å². The van der Waals surface area contributed by atoms with Crippen molar-refractivity contribution in [1.29, 1.82) is 0 Å². The van der Waals surface area contributed by atoms with E-state index < -0.39 is 0 Å². The molecular formula is C6H8KNOS. The van der Waals surface area contributed by atoms with Crippen LogP contribution in [-0.4, -0.2) is 12.1 Å². The maximum atomic E-state index is 4.93. The van der Waals surface area contributed by atoms with Crippen molar-refractivity contribution < 1.29 is 57.5 Å². The van der Waals surface area contributed by atoms with E-state index >= 15 is 0 Å². The number of hydrogen-bond acceptors (Lipinski definition) is 3. The van der Waals surface area contributed by atoms with E-state index in [1.165, 1.54) is 0 Å². The molecule has 1 heterocycles. The largest absolute Gasteiger partial charge is 1.00 e. The Labute approximate surface area is 110 Å². The minimum absolute atomic E-state index is 0. The number of aromatic nitrogens is 1. The van der Waals surface area contributed by atoms with Crippen LogP contribution in [0.25, 0.3) is 0 Å². The van der Waals surface area contributed by atoms with Crippen molar-refractivity contribution in [2.75, 3.05) is 7.11 Å². The first-order valence-electron chi connectivity index (χ1n) is 2.51. The second-order valence-electron chi connectivity index (χ2n) is 1.55. The molecule has 0 saturated carbocycles. The van der Waals surface area contributed by atoms with E-state index in [-0.39, 0.29) is 52.8 Å². The standard InChI is InChI=1S/C6H7NOS.K.H/c1-8-5-2-3-7-4-6(5)9;;/h2-4,9H,1H3;;/q;+1;-1. The van der Waals surface area contributed by atoms with Gasteiger partial charge in [0.2, 0.25) is 0 Å². The summed E-state index contributed by atoms with van der Waals surface area (Å²) in [6.45, 7) is 0. The van der Waals surface area contributed by atoms with Crippen LogP contribution in [0.1, 0.15) is 1.43 Å². The Morgan fingerprint density at radius 3 is 2.80 bits per heavy atom. The molecule has 0 spiro atoms. The van der Waals surface area contributed by atoms with Crippen molar-refractivity contribution in [3.8, 4) is 5.75 Å². The Morgan fingerprint density at radius 1 is 1.70 bits per heavy atom. The molecule has 0 saturated heterocycles. The third-order valence-corrected chi connectivity index (χ3v) is 1.32. The summed E-state index contributed by atoms with van der Waals surface area (Å²) in [6, 6.07) is 1.77. The van der Waals surface area contributed by atoms with E-state index in [4.69, 9.17) is 4.74 Å². The van der Waals surface area contributed by atoms with Crippen molar-refractivity contribution in [3.63, 3.8) is 0 Å². The summed E-state index contributed by atoms with van der Waals surface area (Å²) in [5.74, 6) is 0.758. The number of nitrogens with zero attached hydrogens (tertiary/aromatic N) is 1. The fourth-order valence-corrected chi connectivity index (χ4v) is 0.778. The van der Waals surface area contributed by atoms with Crippen LogP contribution in [-0.2, 0) is 0 Å². The van der Waals surface area contributed by atoms with Crippen LogP contribution in [0.2, 0.25) is 0 Å². The molecule has 0 aromatic carbocycles. The molecule has 50 valence electrons. The van der Waals surface area contributed by atoms with Crippen LogP contribution in [0.5, 0.6) is 5.75 Å². The van der Waals surface area contributed by atoms with Crippen LogP contribution < -0.4 is 56.1 Å². The number of ether oxygens (including phenoxy) is 1. The summed E-state index contributed by atoms with van der Waals surface area (Å²) in [4.78, 5) is 4.60. The minimum Gasteiger partial charge on any atom is -1.00 e. The maximum Gasteiger partial charge on any atom is 1.00 e. The van der Waals surface area contributed by atoms with Crippen molar-refractivity contribution in [2.45, 2.75) is 4.90 Å². The first-order valence-corrected chi connectivity index (χ1v) is 2.96. The van der Waals surface area contributed by atoms with Crippen LogP contribution in [0.15, 0.2) is 23.4 Å². The number of hydrogen-bond donors (Lipinski definition) is 1. The Kier molecular flexibility index (Phi) is 6.09. The number of pyridine rings is 1. The summed E-state index contributed by atoms with van der Waals surface area (Å²) in [5.41, 5.74) is 0. The molecule has 1 aromatic heterocycles. The number of methoxy groups -OCH3 is 1. The van der Waals surface area contributed by atoms with E-state index in [2.05, 4.69) is 17.6 Å². The summed E-state index contributed by atoms with van der Waals surface area (Å²) >= 11 is 4.09. The van der Waals surface area contributed by atoms with Gasteiger partial charge in [0, 0.05) is 12.4 Å². The van der Waals surface area contributed by atoms with Crippen LogP contribution in [0.4, 0.5) is 0 Å². The maximum absolute atomic E-state index is 4.93. The van der Waals surface area contributed by atoms with Crippen molar-refractivity contribution >= 4 is 12.6 Å². The van der Waals surface area contributed by atoms with Crippen molar-refractivity contribution in [3.05, 3.63) is 18.5 Å². The zero-order chi connectivity index (χ0) is 6.69. The molecule has 0 aliphatic rings. The molecule has 0 N–H and O–H groups in total. The molecule has 1 aromatic rings. The Balaban J connectivity index is 0. The van der Waals surface area contributed by atoms with Gasteiger partial charge >= 0.3 is 51.4 Å². The molecule has 0 aliphatic carbocycles. The van der Waals surface area contributed by atoms with E-state index in [1.807, 2.05) is 0 Å². The van der Waals surface area contributed by atoms with Gasteiger partial charge in [0.1, 0.15) is 5.75 Å². The summed E-state index contributed by atoms with van der Waals surface area (Å²) in [6.07, 6.45) is 3.31. The first kappa shape index (κ1) is 10.9. The number of thiol groups is 1. The fourth-order valence-electron chi connectivity index (χ4n) is 0.546. The molecule has 0 fully saturated rings. The topological polar surface area (TPSA) is 22.1 Å². The fraction of sp³-hybridized carbons (Fsp3) is 0.167. The predicted molar refractivity (Wildman–Crippen MR) is 39.2 cm³/mol. The van der Waals surface area contributed by atoms with Gasteiger partial charge in [-0.05, 0) is 6.07 Å². The summed E-state index contributed by atoms with van der Waals surface area (Å²) in [5, 5.41) is 0. The Hall–Kier alpha value is 0.936. The normalized spacial score (nSPS) is 8.20. The monoisotopic (exact) mass is 181 g/mol. The van der Waals surface area contributed by atoms with Gasteiger partial charge in [0.15, 0.2) is 0 Å². The van der Waals surface area contributed by atoms with Crippen molar-refractivity contribution in [1.82, 2.24) is 4.98 Å². The van der Waals surface area contributed by atoms with E-state index in [0.29, 0.717) is 0 Å². The molecular weight excluding hydrogens is 173 g/mol. The molecule has 0 unspecified atom stereocenters. The van der Waals surface area contributed by atoms with Gasteiger partial charge in [0.25, 0.3) is 0 Å². The second-order valence-corrected chi connectivity index (χ2v) is 2.03. The minimum atomic E-state index is 0. The SMILES string of the molecule is COc1ccncc1S.[H-].[K+]. The van der Waals surface area contributed by atoms with Gasteiger partial charge in [-0.2, -0.15) is 0 Å². The van der Waals surface area contributed by atoms with Crippen molar-refractivity contribution in [2.24, 2.45) is 0 Å². The molecule has 2 nitrogen and oxygen atoms in total. The molecule has 1 rings (SSSR count). The van der Waals surface area contributed by atoms with Gasteiger partial charge < -0.3 is 6.16 Å². The average Bonchev–Trinajstić information content (AvgIpc) is 1.89. The summed E-state index contributed by atoms with van der Waals surface area (Å²) in [7, 11) is 1.61. The third-order valence-electron chi connectivity index (χ3n) is 0.981. The molecule has 0 bridgehead atoms. The number of rotatable bonds is 1. The van der Waals surface area contributed by atoms with Crippen LogP contribution in [0, 0.1) is 0 Å². The molecule has 0 amide bonds. The van der Waals surface area contributed by atoms with Gasteiger partial charge in [-0.25, -0.2) is 0 Å². The zero-order valence-electron chi connectivity index (χ0n) is 7.03. The quantitative estimate of drug-likeness (QED) is 0.420. The molecule has 4 heteroatoms. The van der Waals surface area contributed by atoms with Crippen LogP contribution >= 0.6 is 12.6 Å². The second kappa shape index (κ2) is 5.57. The van der Waals surface area contributed by atoms with Crippen LogP contribution in [0.3, 0.4) is 0 Å². The summed E-state index contributed by atoms with van der Waals surface area (Å²) < 4.78 is 4.93. The van der Waals surface area contributed by atoms with Gasteiger partial charge in [0.05, 0.1) is 12.0 Å². The average molecular weight is 181 g/mol.